The summed E-state index contributed by atoms with van der Waals surface area (Å²) in [6.45, 7) is 0. The molecule has 0 spiro atoms. The van der Waals surface area contributed by atoms with E-state index < -0.39 is 5.97 Å². The summed E-state index contributed by atoms with van der Waals surface area (Å²) in [5, 5.41) is 0. The number of hydrogen-bond donors (Lipinski definition) is 0. The molecule has 21 heavy (non-hydrogen) atoms. The summed E-state index contributed by atoms with van der Waals surface area (Å²) in [4.78, 5) is 12.1. The lowest BCUT2D eigenvalue weighted by atomic mass is 10.2. The number of carbonyl (C=O) groups is 1. The maximum atomic E-state index is 12.1. The second-order valence-electron chi connectivity index (χ2n) is 4.17. The monoisotopic (exact) mass is 288 g/mol. The van der Waals surface area contributed by atoms with E-state index in [4.69, 9.17) is 18.9 Å². The third kappa shape index (κ3) is 3.66. The first kappa shape index (κ1) is 14.7. The molecule has 5 nitrogen and oxygen atoms in total. The molecule has 0 unspecified atom stereocenters. The van der Waals surface area contributed by atoms with E-state index in [-0.39, 0.29) is 0 Å². The van der Waals surface area contributed by atoms with Gasteiger partial charge in [0.2, 0.25) is 0 Å². The van der Waals surface area contributed by atoms with Crippen molar-refractivity contribution in [3.8, 4) is 23.0 Å². The molecule has 0 aliphatic heterocycles. The Hall–Kier alpha value is -2.69. The second kappa shape index (κ2) is 6.65. The van der Waals surface area contributed by atoms with Crippen LogP contribution in [0.5, 0.6) is 23.0 Å². The van der Waals surface area contributed by atoms with Gasteiger partial charge >= 0.3 is 5.97 Å². The number of carbonyl (C=O) groups excluding carboxylic acids is 1. The van der Waals surface area contributed by atoms with E-state index in [0.717, 1.165) is 0 Å². The van der Waals surface area contributed by atoms with Crippen molar-refractivity contribution in [2.24, 2.45) is 0 Å². The van der Waals surface area contributed by atoms with Gasteiger partial charge in [-0.3, -0.25) is 0 Å². The van der Waals surface area contributed by atoms with Crippen molar-refractivity contribution in [3.05, 3.63) is 48.0 Å². The van der Waals surface area contributed by atoms with Crippen LogP contribution in [0.2, 0.25) is 0 Å². The summed E-state index contributed by atoms with van der Waals surface area (Å²) in [7, 11) is 4.60. The number of benzene rings is 2. The lowest BCUT2D eigenvalue weighted by Gasteiger charge is -2.09. The van der Waals surface area contributed by atoms with E-state index in [1.807, 2.05) is 0 Å². The molecule has 0 fully saturated rings. The third-order valence-electron chi connectivity index (χ3n) is 2.84. The molecule has 2 rings (SSSR count). The highest BCUT2D eigenvalue weighted by Gasteiger charge is 2.11. The van der Waals surface area contributed by atoms with Crippen LogP contribution < -0.4 is 18.9 Å². The fraction of sp³-hybridized carbons (Fsp3) is 0.188. The van der Waals surface area contributed by atoms with E-state index >= 15 is 0 Å². The molecule has 0 saturated heterocycles. The lowest BCUT2D eigenvalue weighted by molar-refractivity contribution is 0.0734. The average Bonchev–Trinajstić information content (AvgIpc) is 2.54. The molecule has 0 amide bonds. The maximum Gasteiger partial charge on any atom is 0.343 e. The Morgan fingerprint density at radius 3 is 1.90 bits per heavy atom. The fourth-order valence-corrected chi connectivity index (χ4v) is 1.76. The van der Waals surface area contributed by atoms with Crippen LogP contribution in [0.4, 0.5) is 0 Å². The summed E-state index contributed by atoms with van der Waals surface area (Å²) in [5.74, 6) is 1.54. The topological polar surface area (TPSA) is 54.0 Å². The standard InChI is InChI=1S/C16H16O5/c1-18-12-6-4-5-11(7-12)16(17)21-15-9-13(19-2)8-14(10-15)20-3/h4-10H,1-3H3. The number of methoxy groups -OCH3 is 3. The average molecular weight is 288 g/mol. The first-order valence-corrected chi connectivity index (χ1v) is 6.25. The van der Waals surface area contributed by atoms with Crippen molar-refractivity contribution < 1.29 is 23.7 Å². The van der Waals surface area contributed by atoms with Gasteiger partial charge in [-0.1, -0.05) is 6.07 Å². The Kier molecular flexibility index (Phi) is 4.66. The molecule has 2 aromatic carbocycles. The highest BCUT2D eigenvalue weighted by molar-refractivity contribution is 5.91. The zero-order valence-corrected chi connectivity index (χ0v) is 12.1. The molecule has 0 heterocycles. The lowest BCUT2D eigenvalue weighted by Crippen LogP contribution is -2.08. The molecule has 0 N–H and O–H groups in total. The minimum atomic E-state index is -0.482. The van der Waals surface area contributed by atoms with E-state index in [2.05, 4.69) is 0 Å². The van der Waals surface area contributed by atoms with E-state index in [0.29, 0.717) is 28.6 Å². The summed E-state index contributed by atoms with van der Waals surface area (Å²) in [5.41, 5.74) is 0.399. The summed E-state index contributed by atoms with van der Waals surface area (Å²) >= 11 is 0. The molecule has 0 atom stereocenters. The molecule has 0 saturated carbocycles. The zero-order valence-electron chi connectivity index (χ0n) is 12.1. The van der Waals surface area contributed by atoms with Crippen LogP contribution in [-0.2, 0) is 0 Å². The Bertz CT molecular complexity index is 614. The van der Waals surface area contributed by atoms with Gasteiger partial charge in [0.25, 0.3) is 0 Å². The van der Waals surface area contributed by atoms with Gasteiger partial charge in [-0.25, -0.2) is 4.79 Å². The largest absolute Gasteiger partial charge is 0.497 e. The fourth-order valence-electron chi connectivity index (χ4n) is 1.76. The van der Waals surface area contributed by atoms with Crippen molar-refractivity contribution in [1.82, 2.24) is 0 Å². The minimum Gasteiger partial charge on any atom is -0.497 e. The SMILES string of the molecule is COc1cc(OC)cc(OC(=O)c2cccc(OC)c2)c1. The van der Waals surface area contributed by atoms with Crippen LogP contribution in [0.3, 0.4) is 0 Å². The van der Waals surface area contributed by atoms with Crippen LogP contribution in [0.1, 0.15) is 10.4 Å². The van der Waals surface area contributed by atoms with Gasteiger partial charge in [-0.15, -0.1) is 0 Å². The molecule has 0 aliphatic carbocycles. The first-order valence-electron chi connectivity index (χ1n) is 6.25. The van der Waals surface area contributed by atoms with Crippen molar-refractivity contribution >= 4 is 5.97 Å². The Labute approximate surface area is 123 Å². The Morgan fingerprint density at radius 2 is 1.33 bits per heavy atom. The Morgan fingerprint density at radius 1 is 0.762 bits per heavy atom. The number of esters is 1. The minimum absolute atomic E-state index is 0.346. The predicted octanol–water partition coefficient (Wildman–Crippen LogP) is 2.93. The van der Waals surface area contributed by atoms with Crippen molar-refractivity contribution in [2.75, 3.05) is 21.3 Å². The van der Waals surface area contributed by atoms with Gasteiger partial charge < -0.3 is 18.9 Å². The quantitative estimate of drug-likeness (QED) is 0.625. The number of rotatable bonds is 5. The van der Waals surface area contributed by atoms with E-state index in [1.165, 1.54) is 21.3 Å². The zero-order chi connectivity index (χ0) is 15.2. The van der Waals surface area contributed by atoms with Gasteiger partial charge in [0.1, 0.15) is 23.0 Å². The normalized spacial score (nSPS) is 9.86. The van der Waals surface area contributed by atoms with Gasteiger partial charge in [-0.05, 0) is 18.2 Å². The van der Waals surface area contributed by atoms with Crippen LogP contribution in [-0.4, -0.2) is 27.3 Å². The van der Waals surface area contributed by atoms with Gasteiger partial charge in [-0.2, -0.15) is 0 Å². The second-order valence-corrected chi connectivity index (χ2v) is 4.17. The number of ether oxygens (including phenoxy) is 4. The van der Waals surface area contributed by atoms with Crippen molar-refractivity contribution in [3.63, 3.8) is 0 Å². The molecule has 2 aromatic rings. The molecular formula is C16H16O5. The smallest absolute Gasteiger partial charge is 0.343 e. The summed E-state index contributed by atoms with van der Waals surface area (Å²) in [6.07, 6.45) is 0. The molecule has 0 bridgehead atoms. The molecular weight excluding hydrogens is 272 g/mol. The number of hydrogen-bond acceptors (Lipinski definition) is 5. The molecule has 5 heteroatoms. The maximum absolute atomic E-state index is 12.1. The molecule has 0 aromatic heterocycles. The first-order chi connectivity index (χ1) is 10.2. The summed E-state index contributed by atoms with van der Waals surface area (Å²) in [6, 6.07) is 11.7. The van der Waals surface area contributed by atoms with Crippen LogP contribution >= 0.6 is 0 Å². The van der Waals surface area contributed by atoms with Gasteiger partial charge in [0, 0.05) is 18.2 Å². The highest BCUT2D eigenvalue weighted by atomic mass is 16.5. The highest BCUT2D eigenvalue weighted by Crippen LogP contribution is 2.28. The Balaban J connectivity index is 2.22. The summed E-state index contributed by atoms with van der Waals surface area (Å²) < 4.78 is 20.7. The van der Waals surface area contributed by atoms with Gasteiger partial charge in [0.15, 0.2) is 0 Å². The van der Waals surface area contributed by atoms with Crippen LogP contribution in [0.15, 0.2) is 42.5 Å². The molecule has 0 aliphatic rings. The van der Waals surface area contributed by atoms with E-state index in [9.17, 15) is 4.79 Å². The van der Waals surface area contributed by atoms with E-state index in [1.54, 1.807) is 42.5 Å². The van der Waals surface area contributed by atoms with Crippen molar-refractivity contribution in [2.45, 2.75) is 0 Å². The van der Waals surface area contributed by atoms with Crippen LogP contribution in [0, 0.1) is 0 Å². The third-order valence-corrected chi connectivity index (χ3v) is 2.84. The van der Waals surface area contributed by atoms with Crippen LogP contribution in [0.25, 0.3) is 0 Å². The van der Waals surface area contributed by atoms with Crippen molar-refractivity contribution in [1.29, 1.82) is 0 Å². The predicted molar refractivity (Wildman–Crippen MR) is 77.5 cm³/mol. The molecule has 0 radical (unpaired) electrons. The molecule has 110 valence electrons. The van der Waals surface area contributed by atoms with Gasteiger partial charge in [0.05, 0.1) is 26.9 Å².